The van der Waals surface area contributed by atoms with Crippen LogP contribution < -0.4 is 5.73 Å². The van der Waals surface area contributed by atoms with Crippen molar-refractivity contribution in [2.75, 3.05) is 13.1 Å². The summed E-state index contributed by atoms with van der Waals surface area (Å²) in [5.74, 6) is 0.296. The van der Waals surface area contributed by atoms with Gasteiger partial charge in [0.05, 0.1) is 0 Å². The first-order valence-corrected chi connectivity index (χ1v) is 7.12. The van der Waals surface area contributed by atoms with E-state index in [0.717, 1.165) is 6.42 Å². The monoisotopic (exact) mass is 276 g/mol. The van der Waals surface area contributed by atoms with Crippen LogP contribution in [0.2, 0.25) is 0 Å². The second-order valence-electron chi connectivity index (χ2n) is 6.50. The number of nitrogens with zero attached hydrogens (tertiary/aromatic N) is 1. The largest absolute Gasteiger partial charge is 0.444 e. The van der Waals surface area contributed by atoms with E-state index in [9.17, 15) is 4.79 Å². The SMILES string of the molecule is CC(C)(C)OC(=O)N1C[C@@H](Cc2ccccc2)[C@@H](N)C1. The molecule has 0 unspecified atom stereocenters. The molecule has 1 heterocycles. The summed E-state index contributed by atoms with van der Waals surface area (Å²) in [7, 11) is 0. The quantitative estimate of drug-likeness (QED) is 0.902. The van der Waals surface area contributed by atoms with Crippen LogP contribution in [-0.4, -0.2) is 35.7 Å². The van der Waals surface area contributed by atoms with E-state index in [0.29, 0.717) is 19.0 Å². The maximum atomic E-state index is 12.1. The molecule has 1 fully saturated rings. The van der Waals surface area contributed by atoms with Crippen LogP contribution in [0.25, 0.3) is 0 Å². The number of nitrogens with two attached hydrogens (primary N) is 1. The summed E-state index contributed by atoms with van der Waals surface area (Å²) >= 11 is 0. The standard InChI is InChI=1S/C16H24N2O2/c1-16(2,3)20-15(19)18-10-13(14(17)11-18)9-12-7-5-4-6-8-12/h4-8,13-14H,9-11,17H2,1-3H3/t13-,14+/m1/s1. The molecule has 0 aromatic heterocycles. The predicted octanol–water partition coefficient (Wildman–Crippen LogP) is 2.42. The van der Waals surface area contributed by atoms with E-state index in [2.05, 4.69) is 12.1 Å². The minimum Gasteiger partial charge on any atom is -0.444 e. The summed E-state index contributed by atoms with van der Waals surface area (Å²) in [6.45, 7) is 6.88. The number of rotatable bonds is 2. The van der Waals surface area contributed by atoms with Crippen LogP contribution in [0.5, 0.6) is 0 Å². The number of amides is 1. The summed E-state index contributed by atoms with van der Waals surface area (Å²) in [6.07, 6.45) is 0.643. The van der Waals surface area contributed by atoms with E-state index < -0.39 is 5.60 Å². The molecule has 1 aromatic carbocycles. The van der Waals surface area contributed by atoms with Crippen molar-refractivity contribution in [1.82, 2.24) is 4.90 Å². The molecule has 0 aliphatic carbocycles. The van der Waals surface area contributed by atoms with Crippen molar-refractivity contribution in [1.29, 1.82) is 0 Å². The molecule has 2 atom stereocenters. The van der Waals surface area contributed by atoms with Gasteiger partial charge in [0.2, 0.25) is 0 Å². The Morgan fingerprint density at radius 2 is 1.95 bits per heavy atom. The number of carbonyl (C=O) groups excluding carboxylic acids is 1. The fourth-order valence-corrected chi connectivity index (χ4v) is 2.50. The first-order valence-electron chi connectivity index (χ1n) is 7.12. The number of likely N-dealkylation sites (tertiary alicyclic amines) is 1. The van der Waals surface area contributed by atoms with E-state index in [1.807, 2.05) is 39.0 Å². The molecule has 0 radical (unpaired) electrons. The summed E-state index contributed by atoms with van der Waals surface area (Å²) < 4.78 is 5.40. The topological polar surface area (TPSA) is 55.6 Å². The molecule has 1 saturated heterocycles. The Kier molecular flexibility index (Phi) is 4.33. The molecular weight excluding hydrogens is 252 g/mol. The highest BCUT2D eigenvalue weighted by atomic mass is 16.6. The normalized spacial score (nSPS) is 22.9. The maximum Gasteiger partial charge on any atom is 0.410 e. The minimum atomic E-state index is -0.460. The number of ether oxygens (including phenoxy) is 1. The molecular formula is C16H24N2O2. The Bertz CT molecular complexity index is 453. The first kappa shape index (κ1) is 14.9. The van der Waals surface area contributed by atoms with Gasteiger partial charge in [-0.1, -0.05) is 30.3 Å². The minimum absolute atomic E-state index is 0.0164. The number of hydrogen-bond donors (Lipinski definition) is 1. The van der Waals surface area contributed by atoms with E-state index in [-0.39, 0.29) is 12.1 Å². The highest BCUT2D eigenvalue weighted by Gasteiger charge is 2.34. The van der Waals surface area contributed by atoms with Crippen LogP contribution in [0.3, 0.4) is 0 Å². The van der Waals surface area contributed by atoms with Crippen LogP contribution in [-0.2, 0) is 11.2 Å². The molecule has 4 heteroatoms. The van der Waals surface area contributed by atoms with Crippen molar-refractivity contribution >= 4 is 6.09 Å². The zero-order valence-electron chi connectivity index (χ0n) is 12.5. The van der Waals surface area contributed by atoms with Crippen LogP contribution >= 0.6 is 0 Å². The molecule has 4 nitrogen and oxygen atoms in total. The lowest BCUT2D eigenvalue weighted by Gasteiger charge is -2.24. The van der Waals surface area contributed by atoms with E-state index in [4.69, 9.17) is 10.5 Å². The first-order chi connectivity index (χ1) is 9.35. The Hall–Kier alpha value is -1.55. The second-order valence-corrected chi connectivity index (χ2v) is 6.50. The van der Waals surface area contributed by atoms with Gasteiger partial charge in [0.15, 0.2) is 0 Å². The Morgan fingerprint density at radius 1 is 1.30 bits per heavy atom. The lowest BCUT2D eigenvalue weighted by atomic mass is 9.95. The van der Waals surface area contributed by atoms with Gasteiger partial charge in [0.1, 0.15) is 5.60 Å². The molecule has 1 aliphatic rings. The summed E-state index contributed by atoms with van der Waals surface area (Å²) in [5, 5.41) is 0. The summed E-state index contributed by atoms with van der Waals surface area (Å²) in [5.41, 5.74) is 6.97. The highest BCUT2D eigenvalue weighted by Crippen LogP contribution is 2.22. The predicted molar refractivity (Wildman–Crippen MR) is 79.4 cm³/mol. The van der Waals surface area contributed by atoms with Gasteiger partial charge >= 0.3 is 6.09 Å². The third kappa shape index (κ3) is 3.97. The van der Waals surface area contributed by atoms with Crippen LogP contribution in [0.4, 0.5) is 4.79 Å². The average molecular weight is 276 g/mol. The van der Waals surface area contributed by atoms with E-state index in [1.54, 1.807) is 4.90 Å². The third-order valence-electron chi connectivity index (χ3n) is 3.48. The van der Waals surface area contributed by atoms with Crippen molar-refractivity contribution in [3.63, 3.8) is 0 Å². The zero-order chi connectivity index (χ0) is 14.8. The smallest absolute Gasteiger partial charge is 0.410 e. The number of benzene rings is 1. The summed E-state index contributed by atoms with van der Waals surface area (Å²) in [6, 6.07) is 10.3. The molecule has 1 aromatic rings. The Labute approximate surface area is 120 Å². The van der Waals surface area contributed by atoms with Gasteiger partial charge in [0.25, 0.3) is 0 Å². The molecule has 1 amide bonds. The summed E-state index contributed by atoms with van der Waals surface area (Å²) in [4.78, 5) is 13.8. The molecule has 2 N–H and O–H groups in total. The van der Waals surface area contributed by atoms with Gasteiger partial charge < -0.3 is 15.4 Å². The Balaban J connectivity index is 1.94. The molecule has 0 spiro atoms. The Morgan fingerprint density at radius 3 is 2.55 bits per heavy atom. The molecule has 110 valence electrons. The van der Waals surface area contributed by atoms with E-state index >= 15 is 0 Å². The van der Waals surface area contributed by atoms with Gasteiger partial charge in [0, 0.05) is 19.1 Å². The lowest BCUT2D eigenvalue weighted by molar-refractivity contribution is 0.0287. The lowest BCUT2D eigenvalue weighted by Crippen LogP contribution is -2.36. The van der Waals surface area contributed by atoms with Gasteiger partial charge in [-0.25, -0.2) is 4.79 Å². The molecule has 20 heavy (non-hydrogen) atoms. The van der Waals surface area contributed by atoms with Gasteiger partial charge in [-0.2, -0.15) is 0 Å². The maximum absolute atomic E-state index is 12.1. The molecule has 2 rings (SSSR count). The third-order valence-corrected chi connectivity index (χ3v) is 3.48. The van der Waals surface area contributed by atoms with Crippen LogP contribution in [0.1, 0.15) is 26.3 Å². The van der Waals surface area contributed by atoms with Gasteiger partial charge in [-0.05, 0) is 38.7 Å². The van der Waals surface area contributed by atoms with E-state index in [1.165, 1.54) is 5.56 Å². The molecule has 0 saturated carbocycles. The highest BCUT2D eigenvalue weighted by molar-refractivity contribution is 5.68. The van der Waals surface area contributed by atoms with Gasteiger partial charge in [-0.3, -0.25) is 0 Å². The molecule has 1 aliphatic heterocycles. The number of carbonyl (C=O) groups is 1. The van der Waals surface area contributed by atoms with Crippen molar-refractivity contribution in [3.8, 4) is 0 Å². The zero-order valence-corrected chi connectivity index (χ0v) is 12.5. The second kappa shape index (κ2) is 5.83. The van der Waals surface area contributed by atoms with Crippen LogP contribution in [0.15, 0.2) is 30.3 Å². The number of hydrogen-bond acceptors (Lipinski definition) is 3. The molecule has 0 bridgehead atoms. The van der Waals surface area contributed by atoms with Crippen LogP contribution in [0, 0.1) is 5.92 Å². The van der Waals surface area contributed by atoms with Crippen molar-refractivity contribution < 1.29 is 9.53 Å². The van der Waals surface area contributed by atoms with Crippen molar-refractivity contribution in [2.24, 2.45) is 11.7 Å². The van der Waals surface area contributed by atoms with Crippen molar-refractivity contribution in [2.45, 2.75) is 38.8 Å². The van der Waals surface area contributed by atoms with Crippen molar-refractivity contribution in [3.05, 3.63) is 35.9 Å². The fraction of sp³-hybridized carbons (Fsp3) is 0.562. The average Bonchev–Trinajstić information content (AvgIpc) is 2.70. The fourth-order valence-electron chi connectivity index (χ4n) is 2.50. The van der Waals surface area contributed by atoms with Gasteiger partial charge in [-0.15, -0.1) is 0 Å².